The van der Waals surface area contributed by atoms with Crippen molar-refractivity contribution in [2.24, 2.45) is 11.8 Å². The minimum Gasteiger partial charge on any atom is -0.462 e. The number of carbonyl (C=O) groups is 4. The Morgan fingerprint density at radius 1 is 0.267 bits per heavy atom. The van der Waals surface area contributed by atoms with Gasteiger partial charge in [0.15, 0.2) is 12.2 Å². The molecule has 0 bridgehead atoms. The molecule has 101 heavy (non-hydrogen) atoms. The lowest BCUT2D eigenvalue weighted by Crippen LogP contribution is -2.30. The lowest BCUT2D eigenvalue weighted by atomic mass is 10.0. The molecule has 19 heteroatoms. The number of aliphatic hydroxyl groups is 1. The first-order valence-corrected chi connectivity index (χ1v) is 45.5. The first-order chi connectivity index (χ1) is 48.9. The first-order valence-electron chi connectivity index (χ1n) is 42.5. The second kappa shape index (κ2) is 73.6. The van der Waals surface area contributed by atoms with Gasteiger partial charge >= 0.3 is 39.5 Å². The van der Waals surface area contributed by atoms with Crippen LogP contribution >= 0.6 is 15.6 Å². The van der Waals surface area contributed by atoms with Gasteiger partial charge in [-0.3, -0.25) is 37.3 Å². The van der Waals surface area contributed by atoms with Crippen molar-refractivity contribution in [1.29, 1.82) is 0 Å². The molecule has 0 spiro atoms. The van der Waals surface area contributed by atoms with Crippen LogP contribution in [0.15, 0.2) is 0 Å². The van der Waals surface area contributed by atoms with Crippen LogP contribution in [0.5, 0.6) is 0 Å². The van der Waals surface area contributed by atoms with Crippen LogP contribution in [-0.4, -0.2) is 96.7 Å². The highest BCUT2D eigenvalue weighted by molar-refractivity contribution is 7.47. The van der Waals surface area contributed by atoms with E-state index in [0.29, 0.717) is 25.7 Å². The lowest BCUT2D eigenvalue weighted by molar-refractivity contribution is -0.161. The van der Waals surface area contributed by atoms with Crippen molar-refractivity contribution in [3.8, 4) is 0 Å². The predicted octanol–water partition coefficient (Wildman–Crippen LogP) is 24.7. The predicted molar refractivity (Wildman–Crippen MR) is 414 cm³/mol. The number of unbranched alkanes of at least 4 members (excludes halogenated alkanes) is 51. The SMILES string of the molecule is CCCCCCCCCCCCCCCCCCCCC(=O)OC[C@H](COP(=O)(O)OC[C@@H](O)COP(=O)(O)OC[C@@H](COC(=O)CCCCCCCCCCC(C)C)OC(=O)CCCCCCCCCCCCCCC)OC(=O)CCCCCCCCCCCCCCCCCCC(C)C. The molecule has 0 saturated carbocycles. The van der Waals surface area contributed by atoms with E-state index < -0.39 is 97.5 Å². The monoisotopic (exact) mass is 1480 g/mol. The summed E-state index contributed by atoms with van der Waals surface area (Å²) in [5, 5.41) is 10.6. The zero-order valence-corrected chi connectivity index (χ0v) is 68.0. The Bertz CT molecular complexity index is 1940. The van der Waals surface area contributed by atoms with E-state index >= 15 is 0 Å². The van der Waals surface area contributed by atoms with Crippen LogP contribution in [0.25, 0.3) is 0 Å². The number of esters is 4. The van der Waals surface area contributed by atoms with Crippen LogP contribution in [0, 0.1) is 11.8 Å². The fourth-order valence-electron chi connectivity index (χ4n) is 12.7. The summed E-state index contributed by atoms with van der Waals surface area (Å²) in [6, 6.07) is 0. The highest BCUT2D eigenvalue weighted by atomic mass is 31.2. The summed E-state index contributed by atoms with van der Waals surface area (Å²) in [4.78, 5) is 73.1. The summed E-state index contributed by atoms with van der Waals surface area (Å²) < 4.78 is 68.8. The van der Waals surface area contributed by atoms with Crippen molar-refractivity contribution in [3.05, 3.63) is 0 Å². The zero-order valence-electron chi connectivity index (χ0n) is 66.2. The van der Waals surface area contributed by atoms with Gasteiger partial charge in [0.2, 0.25) is 0 Å². The largest absolute Gasteiger partial charge is 0.472 e. The molecule has 0 amide bonds. The molecule has 0 saturated heterocycles. The van der Waals surface area contributed by atoms with E-state index in [9.17, 15) is 43.2 Å². The summed E-state index contributed by atoms with van der Waals surface area (Å²) in [6.45, 7) is 9.64. The minimum absolute atomic E-state index is 0.107. The molecule has 0 heterocycles. The van der Waals surface area contributed by atoms with Crippen molar-refractivity contribution in [2.45, 2.75) is 452 Å². The van der Waals surface area contributed by atoms with Crippen molar-refractivity contribution in [1.82, 2.24) is 0 Å². The Balaban J connectivity index is 5.24. The number of carbonyl (C=O) groups excluding carboxylic acids is 4. The standard InChI is InChI=1S/C82H160O17P2/c1-7-9-11-13-15-17-19-21-22-23-24-28-32-35-39-46-52-58-64-79(84)92-70-77(98-82(87)67-61-55-49-41-37-33-29-26-25-27-31-34-38-44-50-56-62-74(3)4)72-96-100(88,89)94-68-76(83)69-95-101(90,91)97-73-78(71-93-80(85)65-59-53-47-43-42-45-51-57-63-75(5)6)99-81(86)66-60-54-48-40-36-30-20-18-16-14-12-10-8-2/h74-78,83H,7-73H2,1-6H3,(H,88,89)(H,90,91)/t76-,77-,78-/m1/s1. The molecule has 0 radical (unpaired) electrons. The third-order valence-electron chi connectivity index (χ3n) is 19.2. The Morgan fingerprint density at radius 2 is 0.455 bits per heavy atom. The van der Waals surface area contributed by atoms with Gasteiger partial charge in [0, 0.05) is 25.7 Å². The van der Waals surface area contributed by atoms with Gasteiger partial charge in [-0.1, -0.05) is 382 Å². The molecule has 600 valence electrons. The number of phosphoric acid groups is 2. The number of ether oxygens (including phenoxy) is 4. The molecule has 5 atom stereocenters. The third kappa shape index (κ3) is 76.1. The zero-order chi connectivity index (χ0) is 74.2. The van der Waals surface area contributed by atoms with Crippen LogP contribution in [0.3, 0.4) is 0 Å². The molecular formula is C82H160O17P2. The Morgan fingerprint density at radius 3 is 0.673 bits per heavy atom. The summed E-state index contributed by atoms with van der Waals surface area (Å²) in [5.41, 5.74) is 0. The second-order valence-electron chi connectivity index (χ2n) is 30.5. The second-order valence-corrected chi connectivity index (χ2v) is 33.4. The van der Waals surface area contributed by atoms with E-state index in [0.717, 1.165) is 102 Å². The van der Waals surface area contributed by atoms with Crippen molar-refractivity contribution >= 4 is 39.5 Å². The number of rotatable bonds is 81. The van der Waals surface area contributed by atoms with E-state index in [-0.39, 0.29) is 25.7 Å². The molecule has 3 N–H and O–H groups in total. The molecular weight excluding hydrogens is 1320 g/mol. The Labute approximate surface area is 619 Å². The maximum Gasteiger partial charge on any atom is 0.472 e. The van der Waals surface area contributed by atoms with E-state index in [1.807, 2.05) is 0 Å². The smallest absolute Gasteiger partial charge is 0.462 e. The van der Waals surface area contributed by atoms with Crippen LogP contribution < -0.4 is 0 Å². The van der Waals surface area contributed by atoms with Crippen molar-refractivity contribution < 1.29 is 80.2 Å². The van der Waals surface area contributed by atoms with E-state index in [1.165, 1.54) is 250 Å². The van der Waals surface area contributed by atoms with E-state index in [4.69, 9.17) is 37.0 Å². The maximum absolute atomic E-state index is 13.1. The summed E-state index contributed by atoms with van der Waals surface area (Å²) >= 11 is 0. The maximum atomic E-state index is 13.1. The Hall–Kier alpha value is -1.94. The Kier molecular flexibility index (Phi) is 72.2. The van der Waals surface area contributed by atoms with Crippen LogP contribution in [0.1, 0.15) is 433 Å². The summed E-state index contributed by atoms with van der Waals surface area (Å²) in [5.74, 6) is -0.571. The van der Waals surface area contributed by atoms with Crippen LogP contribution in [-0.2, 0) is 65.4 Å². The molecule has 0 aromatic rings. The quantitative estimate of drug-likeness (QED) is 0.0222. The lowest BCUT2D eigenvalue weighted by Gasteiger charge is -2.21. The number of hydrogen-bond acceptors (Lipinski definition) is 15. The van der Waals surface area contributed by atoms with Gasteiger partial charge in [0.05, 0.1) is 26.4 Å². The first kappa shape index (κ1) is 99.1. The topological polar surface area (TPSA) is 237 Å². The number of aliphatic hydroxyl groups excluding tert-OH is 1. The fourth-order valence-corrected chi connectivity index (χ4v) is 14.3. The third-order valence-corrected chi connectivity index (χ3v) is 21.1. The highest BCUT2D eigenvalue weighted by Crippen LogP contribution is 2.45. The van der Waals surface area contributed by atoms with Gasteiger partial charge in [-0.2, -0.15) is 0 Å². The molecule has 2 unspecified atom stereocenters. The minimum atomic E-state index is -4.96. The van der Waals surface area contributed by atoms with Crippen LogP contribution in [0.4, 0.5) is 0 Å². The van der Waals surface area contributed by atoms with E-state index in [2.05, 4.69) is 41.5 Å². The fraction of sp³-hybridized carbons (Fsp3) is 0.951. The molecule has 0 aliphatic heterocycles. The van der Waals surface area contributed by atoms with Gasteiger partial charge in [-0.25, -0.2) is 9.13 Å². The van der Waals surface area contributed by atoms with Gasteiger partial charge in [0.1, 0.15) is 19.3 Å². The molecule has 0 aromatic carbocycles. The molecule has 0 aliphatic carbocycles. The molecule has 0 rings (SSSR count). The molecule has 0 fully saturated rings. The number of phosphoric ester groups is 2. The van der Waals surface area contributed by atoms with Crippen molar-refractivity contribution in [2.75, 3.05) is 39.6 Å². The average Bonchev–Trinajstić information content (AvgIpc) is 1.08. The summed E-state index contributed by atoms with van der Waals surface area (Å²) in [6.07, 6.45) is 63.8. The number of hydrogen-bond donors (Lipinski definition) is 3. The molecule has 0 aliphatic rings. The van der Waals surface area contributed by atoms with E-state index in [1.54, 1.807) is 0 Å². The van der Waals surface area contributed by atoms with Crippen molar-refractivity contribution in [3.63, 3.8) is 0 Å². The van der Waals surface area contributed by atoms with Gasteiger partial charge in [0.25, 0.3) is 0 Å². The molecule has 17 nitrogen and oxygen atoms in total. The van der Waals surface area contributed by atoms with Gasteiger partial charge in [-0.05, 0) is 37.5 Å². The van der Waals surface area contributed by atoms with Gasteiger partial charge in [-0.15, -0.1) is 0 Å². The highest BCUT2D eigenvalue weighted by Gasteiger charge is 2.30. The van der Waals surface area contributed by atoms with Gasteiger partial charge < -0.3 is 33.8 Å². The summed E-state index contributed by atoms with van der Waals surface area (Å²) in [7, 11) is -9.92. The normalized spacial score (nSPS) is 13.9. The average molecular weight is 1480 g/mol. The molecule has 0 aromatic heterocycles. The van der Waals surface area contributed by atoms with Crippen LogP contribution in [0.2, 0.25) is 0 Å².